The molecule has 1 N–H and O–H groups in total. The Morgan fingerprint density at radius 2 is 2.50 bits per heavy atom. The number of aromatic carboxylic acids is 1. The fourth-order valence-corrected chi connectivity index (χ4v) is 0.413. The van der Waals surface area contributed by atoms with Gasteiger partial charge in [-0.1, -0.05) is 0 Å². The van der Waals surface area contributed by atoms with Gasteiger partial charge in [-0.25, -0.2) is 14.2 Å². The molecule has 3 nitrogen and oxygen atoms in total. The van der Waals surface area contributed by atoms with E-state index in [9.17, 15) is 9.18 Å². The largest absolute Gasteiger partial charge is 0.477 e. The summed E-state index contributed by atoms with van der Waals surface area (Å²) in [5.74, 6) is -2.43. The lowest BCUT2D eigenvalue weighted by Crippen LogP contribution is -1.98. The normalized spacial score (nSPS) is 12.1. The molecule has 1 heterocycles. The van der Waals surface area contributed by atoms with E-state index in [1.165, 1.54) is 0 Å². The lowest BCUT2D eigenvalue weighted by molar-refractivity contribution is 0.0690. The highest BCUT2D eigenvalue weighted by Crippen LogP contribution is 1.96. The van der Waals surface area contributed by atoms with E-state index in [0.29, 0.717) is 6.20 Å². The van der Waals surface area contributed by atoms with Gasteiger partial charge >= 0.3 is 5.97 Å². The second kappa shape index (κ2) is 2.43. The number of nitrogens with zero attached hydrogens (tertiary/aromatic N) is 1. The highest BCUT2D eigenvalue weighted by Gasteiger charge is 2.01. The predicted octanol–water partition coefficient (Wildman–Crippen LogP) is 0.919. The molecule has 0 aliphatic carbocycles. The van der Waals surface area contributed by atoms with Gasteiger partial charge in [0.1, 0.15) is 11.5 Å². The topological polar surface area (TPSA) is 50.2 Å². The second-order valence-electron chi connectivity index (χ2n) is 1.51. The van der Waals surface area contributed by atoms with Gasteiger partial charge < -0.3 is 5.11 Å². The van der Waals surface area contributed by atoms with Gasteiger partial charge in [-0.05, 0) is 12.1 Å². The third kappa shape index (κ3) is 1.28. The van der Waals surface area contributed by atoms with Crippen molar-refractivity contribution in [2.24, 2.45) is 0 Å². The number of carbonyl (C=O) groups is 1. The van der Waals surface area contributed by atoms with Crippen LogP contribution in [0.5, 0.6) is 0 Å². The first-order chi connectivity index (χ1) is 5.54. The van der Waals surface area contributed by atoms with E-state index >= 15 is 0 Å². The molecule has 0 aromatic carbocycles. The van der Waals surface area contributed by atoms with Crippen LogP contribution in [0.2, 0.25) is 0 Å². The van der Waals surface area contributed by atoms with Gasteiger partial charge in [-0.15, -0.1) is 0 Å². The summed E-state index contributed by atoms with van der Waals surface area (Å²) < 4.78 is 26.4. The van der Waals surface area contributed by atoms with Crippen molar-refractivity contribution in [1.82, 2.24) is 4.98 Å². The summed E-state index contributed by atoms with van der Waals surface area (Å²) in [6, 6.07) is -1.45. The molecule has 0 fully saturated rings. The van der Waals surface area contributed by atoms with E-state index < -0.39 is 29.6 Å². The number of rotatable bonds is 1. The maximum Gasteiger partial charge on any atom is 0.354 e. The van der Waals surface area contributed by atoms with E-state index in [-0.39, 0.29) is 0 Å². The van der Waals surface area contributed by atoms with Gasteiger partial charge in [0.15, 0.2) is 0 Å². The van der Waals surface area contributed by atoms with Crippen LogP contribution in [0.15, 0.2) is 18.3 Å². The zero-order chi connectivity index (χ0) is 9.30. The monoisotopic (exact) mass is 143 g/mol. The van der Waals surface area contributed by atoms with Crippen LogP contribution in [-0.4, -0.2) is 16.1 Å². The van der Waals surface area contributed by atoms with Gasteiger partial charge in [0.2, 0.25) is 0 Å². The molecule has 0 spiro atoms. The van der Waals surface area contributed by atoms with Gasteiger partial charge in [0, 0.05) is 0 Å². The molecule has 0 bridgehead atoms. The third-order valence-corrected chi connectivity index (χ3v) is 0.810. The summed E-state index contributed by atoms with van der Waals surface area (Å²) in [4.78, 5) is 13.5. The van der Waals surface area contributed by atoms with Crippen molar-refractivity contribution in [2.75, 3.05) is 0 Å². The van der Waals surface area contributed by atoms with Crippen LogP contribution in [0.4, 0.5) is 4.39 Å². The predicted molar refractivity (Wildman–Crippen MR) is 31.2 cm³/mol. The fourth-order valence-electron chi connectivity index (χ4n) is 0.413. The molecule has 0 aliphatic heterocycles. The number of hydrogen-bond acceptors (Lipinski definition) is 2. The molecule has 0 atom stereocenters. The maximum absolute atomic E-state index is 12.5. The lowest BCUT2D eigenvalue weighted by atomic mass is 10.3. The number of pyridine rings is 1. The van der Waals surface area contributed by atoms with E-state index in [1.807, 2.05) is 0 Å². The smallest absolute Gasteiger partial charge is 0.354 e. The minimum Gasteiger partial charge on any atom is -0.477 e. The highest BCUT2D eigenvalue weighted by molar-refractivity contribution is 5.85. The number of carboxylic acids is 1. The molecular weight excluding hydrogens is 137 g/mol. The Bertz CT molecular complexity index is 343. The van der Waals surface area contributed by atoms with Crippen LogP contribution in [0, 0.1) is 5.82 Å². The summed E-state index contributed by atoms with van der Waals surface area (Å²) in [6.45, 7) is 0. The Morgan fingerprint density at radius 1 is 1.80 bits per heavy atom. The fraction of sp³-hybridized carbons (Fsp3) is 0. The number of halogens is 1. The average Bonchev–Trinajstić information content (AvgIpc) is 2.00. The Balaban J connectivity index is 3.36. The molecule has 0 radical (unpaired) electrons. The van der Waals surface area contributed by atoms with E-state index in [4.69, 9.17) is 7.85 Å². The van der Waals surface area contributed by atoms with Crippen molar-refractivity contribution >= 4 is 5.97 Å². The van der Waals surface area contributed by atoms with E-state index in [0.717, 1.165) is 0 Å². The Hall–Kier alpha value is -1.45. The zero-order valence-electron chi connectivity index (χ0n) is 6.76. The van der Waals surface area contributed by atoms with Crippen LogP contribution in [0.1, 0.15) is 13.2 Å². The number of aromatic nitrogens is 1. The van der Waals surface area contributed by atoms with Crippen LogP contribution >= 0.6 is 0 Å². The summed E-state index contributed by atoms with van der Waals surface area (Å²) >= 11 is 0. The quantitative estimate of drug-likeness (QED) is 0.635. The van der Waals surface area contributed by atoms with E-state index in [1.54, 1.807) is 0 Å². The van der Waals surface area contributed by atoms with Crippen molar-refractivity contribution in [3.63, 3.8) is 0 Å². The standard InChI is InChI=1S/C6H4FNO2/c7-4-1-2-5(6(9)10)8-3-4/h1-3H,(H,9,10)/i1D,2D. The van der Waals surface area contributed by atoms with Gasteiger partial charge in [-0.3, -0.25) is 0 Å². The zero-order valence-corrected chi connectivity index (χ0v) is 4.76. The number of carboxylic acid groups (broad SMARTS) is 1. The molecule has 0 aliphatic rings. The van der Waals surface area contributed by atoms with Crippen molar-refractivity contribution < 1.29 is 17.0 Å². The molecule has 4 heteroatoms. The minimum atomic E-state index is -1.44. The van der Waals surface area contributed by atoms with Crippen LogP contribution in [0.25, 0.3) is 0 Å². The van der Waals surface area contributed by atoms with E-state index in [2.05, 4.69) is 4.98 Å². The first kappa shape index (κ1) is 4.38. The SMILES string of the molecule is [2H]c1c(F)cnc(C(=O)O)c1[2H]. The van der Waals surface area contributed by atoms with Crippen LogP contribution < -0.4 is 0 Å². The maximum atomic E-state index is 12.5. The number of hydrogen-bond donors (Lipinski definition) is 1. The first-order valence-corrected chi connectivity index (χ1v) is 2.39. The van der Waals surface area contributed by atoms with Crippen molar-refractivity contribution in [3.05, 3.63) is 29.8 Å². The molecule has 0 amide bonds. The van der Waals surface area contributed by atoms with Gasteiger partial charge in [-0.2, -0.15) is 0 Å². The van der Waals surface area contributed by atoms with Gasteiger partial charge in [0.05, 0.1) is 8.94 Å². The summed E-state index contributed by atoms with van der Waals surface area (Å²) in [6.07, 6.45) is 0.615. The molecule has 1 aromatic heterocycles. The molecule has 52 valence electrons. The van der Waals surface area contributed by atoms with Gasteiger partial charge in [0.25, 0.3) is 0 Å². The minimum absolute atomic E-state index is 0.610. The third-order valence-electron chi connectivity index (χ3n) is 0.810. The molecular formula is C6H4FNO2. The molecule has 1 aromatic rings. The summed E-state index contributed by atoms with van der Waals surface area (Å²) in [7, 11) is 0. The Kier molecular flexibility index (Phi) is 1.06. The molecule has 1 rings (SSSR count). The average molecular weight is 143 g/mol. The summed E-state index contributed by atoms with van der Waals surface area (Å²) in [5.41, 5.74) is -0.610. The van der Waals surface area contributed by atoms with Crippen molar-refractivity contribution in [3.8, 4) is 0 Å². The molecule has 0 saturated heterocycles. The Morgan fingerprint density at radius 3 is 3.10 bits per heavy atom. The Labute approximate surface area is 58.9 Å². The molecule has 10 heavy (non-hydrogen) atoms. The second-order valence-corrected chi connectivity index (χ2v) is 1.51. The lowest BCUT2D eigenvalue weighted by Gasteiger charge is -1.89. The first-order valence-electron chi connectivity index (χ1n) is 3.39. The van der Waals surface area contributed by atoms with Crippen LogP contribution in [-0.2, 0) is 0 Å². The molecule has 0 unspecified atom stereocenters. The van der Waals surface area contributed by atoms with Crippen molar-refractivity contribution in [1.29, 1.82) is 0 Å². The van der Waals surface area contributed by atoms with Crippen LogP contribution in [0.3, 0.4) is 0 Å². The highest BCUT2D eigenvalue weighted by atomic mass is 19.1. The summed E-state index contributed by atoms with van der Waals surface area (Å²) in [5, 5.41) is 8.39. The molecule has 0 saturated carbocycles. The van der Waals surface area contributed by atoms with Crippen molar-refractivity contribution in [2.45, 2.75) is 0 Å².